The van der Waals surface area contributed by atoms with Crippen molar-refractivity contribution in [3.8, 4) is 17.2 Å². The van der Waals surface area contributed by atoms with Gasteiger partial charge in [0, 0.05) is 11.5 Å². The van der Waals surface area contributed by atoms with Crippen LogP contribution in [0.25, 0.3) is 0 Å². The first-order chi connectivity index (χ1) is 29.1. The van der Waals surface area contributed by atoms with Gasteiger partial charge in [0.2, 0.25) is 0 Å². The summed E-state index contributed by atoms with van der Waals surface area (Å²) in [6.07, 6.45) is 10.0. The molecule has 0 unspecified atom stereocenters. The summed E-state index contributed by atoms with van der Waals surface area (Å²) in [5.41, 5.74) is 9.52. The quantitative estimate of drug-likeness (QED) is 0.230. The first kappa shape index (κ1) is 55.3. The Balaban J connectivity index is 0.000000261. The molecule has 1 aliphatic carbocycles. The smallest absolute Gasteiger partial charge is 0.183 e. The molecule has 2 fully saturated rings. The highest BCUT2D eigenvalue weighted by atomic mass is 16.7. The van der Waals surface area contributed by atoms with E-state index in [9.17, 15) is 15.3 Å². The van der Waals surface area contributed by atoms with Crippen molar-refractivity contribution in [3.63, 3.8) is 0 Å². The van der Waals surface area contributed by atoms with E-state index in [1.54, 1.807) is 0 Å². The van der Waals surface area contributed by atoms with Crippen LogP contribution in [0.15, 0.2) is 36.4 Å². The molecule has 0 amide bonds. The average molecular weight is 885 g/mol. The van der Waals surface area contributed by atoms with E-state index in [0.29, 0.717) is 29.1 Å². The molecule has 5 heteroatoms. The molecular weight excluding hydrogens is 789 g/mol. The second-order valence-electron chi connectivity index (χ2n) is 25.8. The number of aryl methyl sites for hydroxylation is 1. The van der Waals surface area contributed by atoms with Gasteiger partial charge in [-0.1, -0.05) is 188 Å². The molecule has 0 atom stereocenters. The lowest BCUT2D eigenvalue weighted by molar-refractivity contribution is -0.206. The van der Waals surface area contributed by atoms with Crippen LogP contribution in [0.2, 0.25) is 0 Å². The fraction of sp³-hybridized carbons (Fsp3) is 0.695. The summed E-state index contributed by atoms with van der Waals surface area (Å²) in [4.78, 5) is 0. The number of benzene rings is 3. The van der Waals surface area contributed by atoms with Crippen LogP contribution >= 0.6 is 0 Å². The molecule has 2 aliphatic rings. The highest BCUT2D eigenvalue weighted by Gasteiger charge is 2.32. The van der Waals surface area contributed by atoms with Gasteiger partial charge in [-0.15, -0.1) is 0 Å². The molecule has 64 heavy (non-hydrogen) atoms. The van der Waals surface area contributed by atoms with Crippen molar-refractivity contribution in [2.24, 2.45) is 11.8 Å². The number of phenolic OH excluding ortho intramolecular Hbond substituents is 3. The number of hydrogen-bond acceptors (Lipinski definition) is 5. The van der Waals surface area contributed by atoms with Gasteiger partial charge in [-0.2, -0.15) is 0 Å². The van der Waals surface area contributed by atoms with E-state index in [0.717, 1.165) is 70.9 Å². The molecule has 0 spiro atoms. The molecule has 0 aromatic heterocycles. The van der Waals surface area contributed by atoms with Gasteiger partial charge in [0.25, 0.3) is 0 Å². The molecule has 3 aromatic rings. The highest BCUT2D eigenvalue weighted by Crippen LogP contribution is 2.46. The van der Waals surface area contributed by atoms with Crippen molar-refractivity contribution in [1.29, 1.82) is 0 Å². The molecule has 0 bridgehead atoms. The number of hydrogen-bond donors (Lipinski definition) is 3. The van der Waals surface area contributed by atoms with Gasteiger partial charge in [-0.25, -0.2) is 0 Å². The maximum absolute atomic E-state index is 10.9. The van der Waals surface area contributed by atoms with Crippen LogP contribution in [0.3, 0.4) is 0 Å². The first-order valence-corrected chi connectivity index (χ1v) is 24.9. The maximum Gasteiger partial charge on any atom is 0.183 e. The molecular formula is C59H96O5. The topological polar surface area (TPSA) is 79.2 Å². The predicted molar refractivity (Wildman–Crippen MR) is 274 cm³/mol. The lowest BCUT2D eigenvalue weighted by atomic mass is 9.73. The predicted octanol–water partition coefficient (Wildman–Crippen LogP) is 16.8. The monoisotopic (exact) mass is 885 g/mol. The third kappa shape index (κ3) is 15.0. The lowest BCUT2D eigenvalue weighted by Gasteiger charge is -2.33. The van der Waals surface area contributed by atoms with Gasteiger partial charge < -0.3 is 24.8 Å². The summed E-state index contributed by atoms with van der Waals surface area (Å²) in [5, 5.41) is 32.1. The van der Waals surface area contributed by atoms with Crippen LogP contribution in [-0.4, -0.2) is 28.5 Å². The molecule has 0 radical (unpaired) electrons. The van der Waals surface area contributed by atoms with Crippen molar-refractivity contribution in [1.82, 2.24) is 0 Å². The Labute approximate surface area is 393 Å². The van der Waals surface area contributed by atoms with Crippen molar-refractivity contribution in [2.45, 2.75) is 241 Å². The summed E-state index contributed by atoms with van der Waals surface area (Å²) < 4.78 is 12.0. The summed E-state index contributed by atoms with van der Waals surface area (Å²) >= 11 is 0. The van der Waals surface area contributed by atoms with Crippen molar-refractivity contribution in [2.75, 3.05) is 13.2 Å². The zero-order valence-corrected chi connectivity index (χ0v) is 45.0. The lowest BCUT2D eigenvalue weighted by Crippen LogP contribution is -2.28. The third-order valence-electron chi connectivity index (χ3n) is 13.3. The van der Waals surface area contributed by atoms with Crippen molar-refractivity contribution < 1.29 is 24.8 Å². The summed E-state index contributed by atoms with van der Waals surface area (Å²) in [6, 6.07) is 12.9. The minimum absolute atomic E-state index is 0.0178. The Bertz CT molecular complexity index is 1740. The molecule has 1 saturated heterocycles. The summed E-state index contributed by atoms with van der Waals surface area (Å²) in [7, 11) is 0. The number of phenols is 3. The fourth-order valence-corrected chi connectivity index (χ4v) is 9.40. The van der Waals surface area contributed by atoms with Crippen LogP contribution < -0.4 is 0 Å². The Morgan fingerprint density at radius 3 is 1.00 bits per heavy atom. The largest absolute Gasteiger partial charge is 0.507 e. The number of rotatable bonds is 6. The SMILES string of the molecule is CCCC1CCC(c2cc(C(C)(C)C)c(O)c(C(C)(C)C)c2)CC1.CCCC1COC(c2cc(C(C)(C)C)c(O)c(C(C)(C)C)c2)OC1.Cc1cc(C(C)(C)C)c(O)c(C(C)(C)C)c1. The third-order valence-corrected chi connectivity index (χ3v) is 13.3. The summed E-state index contributed by atoms with van der Waals surface area (Å²) in [6.45, 7) is 46.8. The van der Waals surface area contributed by atoms with Crippen LogP contribution in [-0.2, 0) is 42.0 Å². The molecule has 362 valence electrons. The minimum Gasteiger partial charge on any atom is -0.507 e. The molecule has 3 aromatic carbocycles. The fourth-order valence-electron chi connectivity index (χ4n) is 9.40. The van der Waals surface area contributed by atoms with E-state index in [1.165, 1.54) is 49.7 Å². The van der Waals surface area contributed by atoms with E-state index in [1.807, 2.05) is 0 Å². The summed E-state index contributed by atoms with van der Waals surface area (Å²) in [5.74, 6) is 3.48. The van der Waals surface area contributed by atoms with Gasteiger partial charge in [0.15, 0.2) is 6.29 Å². The first-order valence-electron chi connectivity index (χ1n) is 24.9. The number of aromatic hydroxyl groups is 3. The molecule has 3 N–H and O–H groups in total. The Hall–Kier alpha value is -3.02. The van der Waals surface area contributed by atoms with E-state index < -0.39 is 0 Å². The Kier molecular flexibility index (Phi) is 18.4. The minimum atomic E-state index is -0.332. The Morgan fingerprint density at radius 1 is 0.422 bits per heavy atom. The zero-order chi connectivity index (χ0) is 49.0. The van der Waals surface area contributed by atoms with Crippen LogP contribution in [0.4, 0.5) is 0 Å². The van der Waals surface area contributed by atoms with Gasteiger partial charge >= 0.3 is 0 Å². The second kappa shape index (κ2) is 21.3. The molecule has 1 saturated carbocycles. The number of ether oxygens (including phenoxy) is 2. The maximum atomic E-state index is 10.9. The molecule has 5 nitrogen and oxygen atoms in total. The van der Waals surface area contributed by atoms with Crippen LogP contribution in [0, 0.1) is 18.8 Å². The van der Waals surface area contributed by atoms with Crippen LogP contribution in [0.1, 0.15) is 252 Å². The van der Waals surface area contributed by atoms with Crippen molar-refractivity contribution >= 4 is 0 Å². The molecule has 5 rings (SSSR count). The molecule has 1 heterocycles. The normalized spacial score (nSPS) is 20.2. The highest BCUT2D eigenvalue weighted by molar-refractivity contribution is 5.52. The molecule has 1 aliphatic heterocycles. The van der Waals surface area contributed by atoms with Gasteiger partial charge in [-0.05, 0) is 134 Å². The van der Waals surface area contributed by atoms with E-state index in [4.69, 9.17) is 9.47 Å². The average Bonchev–Trinajstić information content (AvgIpc) is 3.14. The van der Waals surface area contributed by atoms with Crippen LogP contribution in [0.5, 0.6) is 17.2 Å². The Morgan fingerprint density at radius 2 is 0.703 bits per heavy atom. The van der Waals surface area contributed by atoms with Gasteiger partial charge in [0.05, 0.1) is 13.2 Å². The van der Waals surface area contributed by atoms with Gasteiger partial charge in [-0.3, -0.25) is 0 Å². The zero-order valence-electron chi connectivity index (χ0n) is 45.0. The van der Waals surface area contributed by atoms with E-state index in [-0.39, 0.29) is 38.8 Å². The standard InChI is InChI=1S/C23H38O.C21H34O3.C15H24O/c1-8-9-16-10-12-17(13-11-16)18-14-19(22(2,3)4)21(24)20(15-18)23(5,6)7;1-8-9-14-12-23-19(24-13-14)15-10-16(20(2,3)4)18(22)17(11-15)21(5,6)7;1-10-8-11(14(2,3)4)13(16)12(9-10)15(5,6)7/h14-17,24H,8-13H2,1-7H3;10-11,14,19,22H,8-9,12-13H2,1-7H3;8-9,16H,1-7H3. The second-order valence-corrected chi connectivity index (χ2v) is 25.8. The van der Waals surface area contributed by atoms with Crippen molar-refractivity contribution in [3.05, 3.63) is 86.5 Å². The van der Waals surface area contributed by atoms with Gasteiger partial charge in [0.1, 0.15) is 17.2 Å². The van der Waals surface area contributed by atoms with E-state index in [2.05, 4.69) is 182 Å². The van der Waals surface area contributed by atoms with E-state index >= 15 is 0 Å².